The Labute approximate surface area is 220 Å². The van der Waals surface area contributed by atoms with Crippen LogP contribution in [0.25, 0.3) is 0 Å². The minimum Gasteiger partial charge on any atom is -0.494 e. The topological polar surface area (TPSA) is 86.3 Å². The Kier molecular flexibility index (Phi) is 10.2. The lowest BCUT2D eigenvalue weighted by atomic mass is 10.1. The lowest BCUT2D eigenvalue weighted by Gasteiger charge is -2.31. The Morgan fingerprint density at radius 3 is 2.24 bits per heavy atom. The van der Waals surface area contributed by atoms with Crippen molar-refractivity contribution in [3.8, 4) is 11.5 Å². The van der Waals surface area contributed by atoms with E-state index in [1.165, 1.54) is 0 Å². The fourth-order valence-electron chi connectivity index (χ4n) is 4.19. The van der Waals surface area contributed by atoms with Gasteiger partial charge in [0.25, 0.3) is 5.91 Å². The summed E-state index contributed by atoms with van der Waals surface area (Å²) in [6.45, 7) is 11.5. The van der Waals surface area contributed by atoms with Crippen LogP contribution in [-0.4, -0.2) is 61.0 Å². The lowest BCUT2D eigenvalue weighted by Crippen LogP contribution is -2.51. The van der Waals surface area contributed by atoms with Crippen LogP contribution in [0.2, 0.25) is 0 Å². The van der Waals surface area contributed by atoms with Gasteiger partial charge >= 0.3 is 6.09 Å². The maximum absolute atomic E-state index is 13.5. The average molecular weight is 513 g/mol. The maximum Gasteiger partial charge on any atom is 0.410 e. The summed E-state index contributed by atoms with van der Waals surface area (Å²) < 4.78 is 23.2. The van der Waals surface area contributed by atoms with Crippen molar-refractivity contribution in [2.45, 2.75) is 71.8 Å². The third kappa shape index (κ3) is 8.97. The van der Waals surface area contributed by atoms with Gasteiger partial charge in [0.15, 0.2) is 0 Å². The number of carbonyl (C=O) groups excluding carboxylic acids is 2. The molecule has 37 heavy (non-hydrogen) atoms. The molecule has 0 aromatic heterocycles. The molecule has 1 saturated heterocycles. The first-order valence-corrected chi connectivity index (χ1v) is 13.0. The first kappa shape index (κ1) is 28.3. The van der Waals surface area contributed by atoms with E-state index in [0.717, 1.165) is 12.0 Å². The molecule has 1 fully saturated rings. The van der Waals surface area contributed by atoms with Crippen LogP contribution in [0.3, 0.4) is 0 Å². The Hall–Kier alpha value is -3.26. The Bertz CT molecular complexity index is 997. The van der Waals surface area contributed by atoms with Crippen molar-refractivity contribution in [1.29, 1.82) is 0 Å². The number of nitrogens with one attached hydrogen (secondary N) is 1. The molecule has 8 heteroatoms. The second-order valence-corrected chi connectivity index (χ2v) is 10.0. The molecule has 2 aromatic carbocycles. The van der Waals surface area contributed by atoms with Gasteiger partial charge in [-0.15, -0.1) is 0 Å². The molecule has 0 saturated carbocycles. The molecule has 0 unspecified atom stereocenters. The molecule has 2 amide bonds. The van der Waals surface area contributed by atoms with E-state index < -0.39 is 17.7 Å². The van der Waals surface area contributed by atoms with Crippen LogP contribution in [0.1, 0.15) is 63.4 Å². The monoisotopic (exact) mass is 512 g/mol. The Morgan fingerprint density at radius 2 is 1.65 bits per heavy atom. The van der Waals surface area contributed by atoms with Gasteiger partial charge in [-0.1, -0.05) is 30.3 Å². The lowest BCUT2D eigenvalue weighted by molar-refractivity contribution is 0.00421. The zero-order valence-electron chi connectivity index (χ0n) is 22.6. The molecular formula is C29H40N2O6. The average Bonchev–Trinajstić information content (AvgIpc) is 3.05. The minimum atomic E-state index is -0.610. The predicted octanol–water partition coefficient (Wildman–Crippen LogP) is 5.20. The van der Waals surface area contributed by atoms with E-state index in [4.69, 9.17) is 18.9 Å². The number of ether oxygens (including phenoxy) is 4. The summed E-state index contributed by atoms with van der Waals surface area (Å²) in [5, 5.41) is 3.12. The van der Waals surface area contributed by atoms with E-state index in [2.05, 4.69) is 5.32 Å². The molecule has 0 bridgehead atoms. The quantitative estimate of drug-likeness (QED) is 0.497. The second kappa shape index (κ2) is 13.3. The van der Waals surface area contributed by atoms with Gasteiger partial charge < -0.3 is 29.2 Å². The van der Waals surface area contributed by atoms with Gasteiger partial charge in [0.05, 0.1) is 32.0 Å². The molecule has 2 atom stereocenters. The normalized spacial score (nSPS) is 18.0. The highest BCUT2D eigenvalue weighted by Crippen LogP contribution is 2.25. The van der Waals surface area contributed by atoms with Crippen molar-refractivity contribution in [2.24, 2.45) is 0 Å². The van der Waals surface area contributed by atoms with E-state index in [1.54, 1.807) is 23.1 Å². The van der Waals surface area contributed by atoms with E-state index >= 15 is 0 Å². The first-order valence-electron chi connectivity index (χ1n) is 13.0. The molecule has 0 aliphatic carbocycles. The van der Waals surface area contributed by atoms with Crippen molar-refractivity contribution in [3.63, 3.8) is 0 Å². The molecule has 3 rings (SSSR count). The number of rotatable bonds is 9. The predicted molar refractivity (Wildman–Crippen MR) is 142 cm³/mol. The molecular weight excluding hydrogens is 472 g/mol. The van der Waals surface area contributed by atoms with Gasteiger partial charge in [0.2, 0.25) is 0 Å². The van der Waals surface area contributed by atoms with Gasteiger partial charge in [-0.3, -0.25) is 4.79 Å². The summed E-state index contributed by atoms with van der Waals surface area (Å²) in [4.78, 5) is 28.0. The molecule has 1 aliphatic rings. The highest BCUT2D eigenvalue weighted by molar-refractivity contribution is 5.95. The fraction of sp³-hybridized carbons (Fsp3) is 0.517. The van der Waals surface area contributed by atoms with Crippen molar-refractivity contribution in [2.75, 3.05) is 26.3 Å². The smallest absolute Gasteiger partial charge is 0.410 e. The molecule has 1 aliphatic heterocycles. The number of likely N-dealkylation sites (tertiary alicyclic amines) is 1. The zero-order chi connectivity index (χ0) is 26.8. The van der Waals surface area contributed by atoms with Crippen LogP contribution < -0.4 is 14.8 Å². The standard InChI is InChI=1S/C29H40N2O6/c1-6-34-23-16-22(17-24(18-23)35-7-2)27(32)30-25-19-31(28(33)37-29(3,4)5)15-11-14-26(25)36-20-21-12-9-8-10-13-21/h8-10,12-13,16-18,25-26H,6-7,11,14-15,19-20H2,1-5H3,(H,30,32)/t25-,26-/m1/s1. The highest BCUT2D eigenvalue weighted by Gasteiger charge is 2.33. The SMILES string of the molecule is CCOc1cc(OCC)cc(C(=O)N[C@@H]2CN(C(=O)OC(C)(C)C)CCC[C@H]2OCc2ccccc2)c1. The summed E-state index contributed by atoms with van der Waals surface area (Å²) in [6.07, 6.45) is 0.755. The number of hydrogen-bond acceptors (Lipinski definition) is 6. The van der Waals surface area contributed by atoms with Gasteiger partial charge in [-0.25, -0.2) is 4.79 Å². The van der Waals surface area contributed by atoms with Crippen LogP contribution in [0, 0.1) is 0 Å². The van der Waals surface area contributed by atoms with Crippen LogP contribution in [0.4, 0.5) is 4.79 Å². The summed E-state index contributed by atoms with van der Waals surface area (Å²) in [6, 6.07) is 14.6. The third-order valence-electron chi connectivity index (χ3n) is 5.82. The molecule has 0 radical (unpaired) electrons. The van der Waals surface area contributed by atoms with Gasteiger partial charge in [-0.05, 0) is 65.2 Å². The van der Waals surface area contributed by atoms with E-state index in [0.29, 0.717) is 49.8 Å². The third-order valence-corrected chi connectivity index (χ3v) is 5.82. The summed E-state index contributed by atoms with van der Waals surface area (Å²) >= 11 is 0. The molecule has 2 aromatic rings. The zero-order valence-corrected chi connectivity index (χ0v) is 22.6. The number of hydrogen-bond donors (Lipinski definition) is 1. The molecule has 8 nitrogen and oxygen atoms in total. The number of nitrogens with zero attached hydrogens (tertiary/aromatic N) is 1. The number of carbonyl (C=O) groups is 2. The molecule has 1 N–H and O–H groups in total. The fourth-order valence-corrected chi connectivity index (χ4v) is 4.19. The van der Waals surface area contributed by atoms with Gasteiger partial charge in [0, 0.05) is 24.7 Å². The van der Waals surface area contributed by atoms with Crippen molar-refractivity contribution in [3.05, 3.63) is 59.7 Å². The summed E-state index contributed by atoms with van der Waals surface area (Å²) in [5.41, 5.74) is 0.858. The molecule has 0 spiro atoms. The van der Waals surface area contributed by atoms with Crippen molar-refractivity contribution in [1.82, 2.24) is 10.2 Å². The minimum absolute atomic E-state index is 0.280. The number of amides is 2. The van der Waals surface area contributed by atoms with E-state index in [9.17, 15) is 9.59 Å². The Morgan fingerprint density at radius 1 is 1.00 bits per heavy atom. The first-order chi connectivity index (χ1) is 17.7. The van der Waals surface area contributed by atoms with Crippen LogP contribution in [0.5, 0.6) is 11.5 Å². The largest absolute Gasteiger partial charge is 0.494 e. The van der Waals surface area contributed by atoms with Crippen LogP contribution in [-0.2, 0) is 16.1 Å². The maximum atomic E-state index is 13.5. The van der Waals surface area contributed by atoms with Crippen molar-refractivity contribution >= 4 is 12.0 Å². The molecule has 1 heterocycles. The van der Waals surface area contributed by atoms with Crippen LogP contribution >= 0.6 is 0 Å². The second-order valence-electron chi connectivity index (χ2n) is 10.0. The summed E-state index contributed by atoms with van der Waals surface area (Å²) in [7, 11) is 0. The van der Waals surface area contributed by atoms with E-state index in [1.807, 2.05) is 65.0 Å². The summed E-state index contributed by atoms with van der Waals surface area (Å²) in [5.74, 6) is 0.838. The van der Waals surface area contributed by atoms with Crippen LogP contribution in [0.15, 0.2) is 48.5 Å². The van der Waals surface area contributed by atoms with E-state index in [-0.39, 0.29) is 18.6 Å². The number of benzene rings is 2. The Balaban J connectivity index is 1.82. The molecule has 202 valence electrons. The van der Waals surface area contributed by atoms with Gasteiger partial charge in [0.1, 0.15) is 17.1 Å². The highest BCUT2D eigenvalue weighted by atomic mass is 16.6. The van der Waals surface area contributed by atoms with Crippen molar-refractivity contribution < 1.29 is 28.5 Å². The van der Waals surface area contributed by atoms with Gasteiger partial charge in [-0.2, -0.15) is 0 Å².